The second-order valence-electron chi connectivity index (χ2n) is 6.14. The molecule has 0 atom stereocenters. The molecule has 0 unspecified atom stereocenters. The number of carbonyl (C=O) groups excluding carboxylic acids is 1. The van der Waals surface area contributed by atoms with Gasteiger partial charge in [-0.3, -0.25) is 4.79 Å². The van der Waals surface area contributed by atoms with Crippen LogP contribution in [0.3, 0.4) is 0 Å². The van der Waals surface area contributed by atoms with Gasteiger partial charge in [0.05, 0.1) is 18.2 Å². The summed E-state index contributed by atoms with van der Waals surface area (Å²) < 4.78 is 5.91. The number of ether oxygens (including phenoxy) is 1. The third-order valence-electron chi connectivity index (χ3n) is 4.14. The van der Waals surface area contributed by atoms with Crippen LogP contribution in [0.2, 0.25) is 0 Å². The largest absolute Gasteiger partial charge is 0.493 e. The van der Waals surface area contributed by atoms with Crippen LogP contribution in [0.25, 0.3) is 0 Å². The van der Waals surface area contributed by atoms with Gasteiger partial charge in [-0.25, -0.2) is 0 Å². The van der Waals surface area contributed by atoms with Gasteiger partial charge in [-0.2, -0.15) is 5.26 Å². The molecule has 2 aromatic rings. The Morgan fingerprint density at radius 2 is 2.08 bits per heavy atom. The number of para-hydroxylation sites is 1. The molecular formula is C20H20N2O2. The van der Waals surface area contributed by atoms with Crippen molar-refractivity contribution in [1.82, 2.24) is 0 Å². The number of hydrogen-bond acceptors (Lipinski definition) is 4. The molecule has 0 aliphatic heterocycles. The molecule has 2 aromatic carbocycles. The summed E-state index contributed by atoms with van der Waals surface area (Å²) in [5.74, 6) is 1.54. The Bertz CT molecular complexity index is 788. The fraction of sp³-hybridized carbons (Fsp3) is 0.300. The van der Waals surface area contributed by atoms with Gasteiger partial charge in [0, 0.05) is 23.4 Å². The monoisotopic (exact) mass is 320 g/mol. The maximum Gasteiger partial charge on any atom is 0.161 e. The lowest BCUT2D eigenvalue weighted by Gasteiger charge is -2.14. The topological polar surface area (TPSA) is 62.1 Å². The minimum Gasteiger partial charge on any atom is -0.493 e. The zero-order chi connectivity index (χ0) is 16.9. The van der Waals surface area contributed by atoms with Gasteiger partial charge in [-0.1, -0.05) is 18.2 Å². The van der Waals surface area contributed by atoms with Gasteiger partial charge in [0.15, 0.2) is 5.78 Å². The lowest BCUT2D eigenvalue weighted by Crippen LogP contribution is -2.08. The number of benzene rings is 2. The highest BCUT2D eigenvalue weighted by Crippen LogP contribution is 2.30. The zero-order valence-corrected chi connectivity index (χ0v) is 13.7. The summed E-state index contributed by atoms with van der Waals surface area (Å²) in [4.78, 5) is 11.8. The van der Waals surface area contributed by atoms with Crippen LogP contribution in [0, 0.1) is 17.2 Å². The van der Waals surface area contributed by atoms with Crippen molar-refractivity contribution in [2.24, 2.45) is 5.92 Å². The summed E-state index contributed by atoms with van der Waals surface area (Å²) >= 11 is 0. The summed E-state index contributed by atoms with van der Waals surface area (Å²) in [7, 11) is 0. The first-order chi connectivity index (χ1) is 11.7. The van der Waals surface area contributed by atoms with Crippen LogP contribution in [-0.4, -0.2) is 12.4 Å². The van der Waals surface area contributed by atoms with Crippen LogP contribution >= 0.6 is 0 Å². The quantitative estimate of drug-likeness (QED) is 0.778. The van der Waals surface area contributed by atoms with E-state index < -0.39 is 0 Å². The van der Waals surface area contributed by atoms with Crippen LogP contribution in [0.15, 0.2) is 42.5 Å². The first-order valence-corrected chi connectivity index (χ1v) is 8.17. The average molecular weight is 320 g/mol. The third kappa shape index (κ3) is 3.94. The van der Waals surface area contributed by atoms with Crippen molar-refractivity contribution in [2.45, 2.75) is 26.3 Å². The van der Waals surface area contributed by atoms with E-state index >= 15 is 0 Å². The Balaban J connectivity index is 1.75. The first kappa shape index (κ1) is 16.1. The second-order valence-corrected chi connectivity index (χ2v) is 6.14. The molecule has 3 rings (SSSR count). The standard InChI is InChI=1S/C20H20N2O2/c1-14(23)18-9-8-16(11-21)10-19(18)22-12-17-4-2-3-5-20(17)24-13-15-6-7-15/h2-5,8-10,15,22H,6-7,12-13H2,1H3. The number of anilines is 1. The second kappa shape index (κ2) is 7.18. The average Bonchev–Trinajstić information content (AvgIpc) is 3.42. The molecule has 0 bridgehead atoms. The van der Waals surface area contributed by atoms with Gasteiger partial charge < -0.3 is 10.1 Å². The lowest BCUT2D eigenvalue weighted by atomic mass is 10.1. The van der Waals surface area contributed by atoms with E-state index in [0.29, 0.717) is 29.3 Å². The van der Waals surface area contributed by atoms with Crippen molar-refractivity contribution in [3.8, 4) is 11.8 Å². The summed E-state index contributed by atoms with van der Waals surface area (Å²) in [6.45, 7) is 2.83. The molecule has 0 spiro atoms. The van der Waals surface area contributed by atoms with Crippen molar-refractivity contribution >= 4 is 11.5 Å². The zero-order valence-electron chi connectivity index (χ0n) is 13.7. The molecule has 0 aromatic heterocycles. The van der Waals surface area contributed by atoms with E-state index in [1.807, 2.05) is 24.3 Å². The maximum atomic E-state index is 11.8. The molecule has 1 aliphatic carbocycles. The number of hydrogen-bond donors (Lipinski definition) is 1. The molecule has 1 N–H and O–H groups in total. The van der Waals surface area contributed by atoms with Crippen LogP contribution in [-0.2, 0) is 6.54 Å². The molecule has 122 valence electrons. The molecule has 0 saturated heterocycles. The van der Waals surface area contributed by atoms with E-state index in [0.717, 1.165) is 17.9 Å². The van der Waals surface area contributed by atoms with Gasteiger partial charge >= 0.3 is 0 Å². The molecule has 4 nitrogen and oxygen atoms in total. The number of nitriles is 1. The SMILES string of the molecule is CC(=O)c1ccc(C#N)cc1NCc1ccccc1OCC1CC1. The Hall–Kier alpha value is -2.80. The number of carbonyl (C=O) groups is 1. The van der Waals surface area contributed by atoms with Gasteiger partial charge in [-0.15, -0.1) is 0 Å². The van der Waals surface area contributed by atoms with Crippen molar-refractivity contribution in [2.75, 3.05) is 11.9 Å². The number of ketones is 1. The minimum absolute atomic E-state index is 0.0275. The Labute approximate surface area is 142 Å². The van der Waals surface area contributed by atoms with E-state index in [9.17, 15) is 4.79 Å². The van der Waals surface area contributed by atoms with E-state index in [2.05, 4.69) is 11.4 Å². The fourth-order valence-electron chi connectivity index (χ4n) is 2.54. The Kier molecular flexibility index (Phi) is 4.81. The summed E-state index contributed by atoms with van der Waals surface area (Å²) in [5.41, 5.74) is 2.83. The van der Waals surface area contributed by atoms with Gasteiger partial charge in [0.25, 0.3) is 0 Å². The number of Topliss-reactive ketones (excluding diaryl/α,β-unsaturated/α-hetero) is 1. The minimum atomic E-state index is -0.0275. The van der Waals surface area contributed by atoms with Crippen LogP contribution in [0.1, 0.15) is 41.3 Å². The van der Waals surface area contributed by atoms with Gasteiger partial charge in [-0.05, 0) is 49.9 Å². The molecule has 1 aliphatic rings. The maximum absolute atomic E-state index is 11.8. The molecular weight excluding hydrogens is 300 g/mol. The predicted molar refractivity (Wildman–Crippen MR) is 93.1 cm³/mol. The summed E-state index contributed by atoms with van der Waals surface area (Å²) in [6.07, 6.45) is 2.51. The summed E-state index contributed by atoms with van der Waals surface area (Å²) in [6, 6.07) is 15.1. The van der Waals surface area contributed by atoms with Crippen LogP contribution in [0.4, 0.5) is 5.69 Å². The lowest BCUT2D eigenvalue weighted by molar-refractivity contribution is 0.101. The van der Waals surface area contributed by atoms with Gasteiger partial charge in [0.1, 0.15) is 5.75 Å². The van der Waals surface area contributed by atoms with Crippen molar-refractivity contribution in [1.29, 1.82) is 5.26 Å². The van der Waals surface area contributed by atoms with Crippen molar-refractivity contribution in [3.63, 3.8) is 0 Å². The van der Waals surface area contributed by atoms with E-state index in [1.54, 1.807) is 18.2 Å². The number of nitrogens with zero attached hydrogens (tertiary/aromatic N) is 1. The number of rotatable bonds is 7. The molecule has 0 radical (unpaired) electrons. The molecule has 1 fully saturated rings. The highest BCUT2D eigenvalue weighted by Gasteiger charge is 2.22. The van der Waals surface area contributed by atoms with E-state index in [4.69, 9.17) is 10.00 Å². The van der Waals surface area contributed by atoms with E-state index in [-0.39, 0.29) is 5.78 Å². The Morgan fingerprint density at radius 3 is 2.79 bits per heavy atom. The van der Waals surface area contributed by atoms with Gasteiger partial charge in [0.2, 0.25) is 0 Å². The molecule has 0 heterocycles. The molecule has 24 heavy (non-hydrogen) atoms. The molecule has 4 heteroatoms. The first-order valence-electron chi connectivity index (χ1n) is 8.17. The molecule has 0 amide bonds. The van der Waals surface area contributed by atoms with E-state index in [1.165, 1.54) is 19.8 Å². The molecule has 1 saturated carbocycles. The van der Waals surface area contributed by atoms with Crippen LogP contribution < -0.4 is 10.1 Å². The van der Waals surface area contributed by atoms with Crippen molar-refractivity contribution < 1.29 is 9.53 Å². The van der Waals surface area contributed by atoms with Crippen molar-refractivity contribution in [3.05, 3.63) is 59.2 Å². The fourth-order valence-corrected chi connectivity index (χ4v) is 2.54. The smallest absolute Gasteiger partial charge is 0.161 e. The number of nitrogens with one attached hydrogen (secondary N) is 1. The third-order valence-corrected chi connectivity index (χ3v) is 4.14. The Morgan fingerprint density at radius 1 is 1.29 bits per heavy atom. The summed E-state index contributed by atoms with van der Waals surface area (Å²) in [5, 5.41) is 12.3. The predicted octanol–water partition coefficient (Wildman–Crippen LogP) is 4.16. The highest BCUT2D eigenvalue weighted by atomic mass is 16.5. The highest BCUT2D eigenvalue weighted by molar-refractivity contribution is 5.99. The normalized spacial score (nSPS) is 13.2. The van der Waals surface area contributed by atoms with Crippen LogP contribution in [0.5, 0.6) is 5.75 Å².